The van der Waals surface area contributed by atoms with Gasteiger partial charge in [-0.05, 0) is 30.6 Å². The van der Waals surface area contributed by atoms with Crippen LogP contribution in [0.1, 0.15) is 26.3 Å². The van der Waals surface area contributed by atoms with Crippen molar-refractivity contribution in [3.8, 4) is 11.5 Å². The highest BCUT2D eigenvalue weighted by molar-refractivity contribution is 5.98. The number of carbonyl (C=O) groups excluding carboxylic acids is 1. The van der Waals surface area contributed by atoms with Crippen molar-refractivity contribution in [1.29, 1.82) is 0 Å². The number of ketones is 1. The van der Waals surface area contributed by atoms with Gasteiger partial charge in [0, 0.05) is 5.56 Å². The molecule has 0 aliphatic carbocycles. The number of hydrogen-bond donors (Lipinski definition) is 0. The van der Waals surface area contributed by atoms with E-state index in [2.05, 4.69) is 4.74 Å². The molecule has 3 nitrogen and oxygen atoms in total. The molecule has 0 aromatic heterocycles. The molecule has 0 saturated carbocycles. The molecule has 110 valence electrons. The summed E-state index contributed by atoms with van der Waals surface area (Å²) >= 11 is 0. The van der Waals surface area contributed by atoms with Gasteiger partial charge in [-0.15, -0.1) is 0 Å². The van der Waals surface area contributed by atoms with Gasteiger partial charge >= 0.3 is 6.61 Å². The van der Waals surface area contributed by atoms with Crippen LogP contribution in [0.4, 0.5) is 8.78 Å². The third-order valence-electron chi connectivity index (χ3n) is 2.78. The summed E-state index contributed by atoms with van der Waals surface area (Å²) in [4.78, 5) is 11.6. The van der Waals surface area contributed by atoms with Crippen LogP contribution in [0.25, 0.3) is 6.08 Å². The first kappa shape index (κ1) is 16.1. The number of hydrogen-bond acceptors (Lipinski definition) is 3. The van der Waals surface area contributed by atoms with Crippen molar-refractivity contribution in [2.75, 3.05) is 7.11 Å². The number of rotatable bonds is 6. The predicted octanol–water partition coefficient (Wildman–Crippen LogP) is 3.93. The average Bonchev–Trinajstić information content (AvgIpc) is 2.35. The van der Waals surface area contributed by atoms with Gasteiger partial charge in [-0.2, -0.15) is 8.78 Å². The Bertz CT molecular complexity index is 508. The summed E-state index contributed by atoms with van der Waals surface area (Å²) in [6, 6.07) is 4.78. The van der Waals surface area contributed by atoms with Crippen molar-refractivity contribution in [2.45, 2.75) is 27.4 Å². The molecule has 20 heavy (non-hydrogen) atoms. The number of benzene rings is 1. The Balaban J connectivity index is 3.36. The average molecular weight is 284 g/mol. The number of allylic oxidation sites excluding steroid dienone is 1. The monoisotopic (exact) mass is 284 g/mol. The fourth-order valence-electron chi connectivity index (χ4n) is 1.86. The molecule has 1 rings (SSSR count). The third-order valence-corrected chi connectivity index (χ3v) is 2.78. The van der Waals surface area contributed by atoms with Crippen molar-refractivity contribution in [1.82, 2.24) is 0 Å². The second-order valence-corrected chi connectivity index (χ2v) is 4.57. The van der Waals surface area contributed by atoms with Crippen LogP contribution < -0.4 is 9.47 Å². The molecule has 0 heterocycles. The van der Waals surface area contributed by atoms with Crippen LogP contribution in [0.5, 0.6) is 11.5 Å². The second kappa shape index (κ2) is 7.03. The number of methoxy groups -OCH3 is 1. The third kappa shape index (κ3) is 4.05. The molecule has 0 bridgehead atoms. The van der Waals surface area contributed by atoms with Crippen molar-refractivity contribution >= 4 is 11.9 Å². The number of halogens is 2. The van der Waals surface area contributed by atoms with E-state index < -0.39 is 6.61 Å². The van der Waals surface area contributed by atoms with E-state index in [1.807, 2.05) is 13.8 Å². The van der Waals surface area contributed by atoms with Gasteiger partial charge in [0.05, 0.1) is 7.11 Å². The van der Waals surface area contributed by atoms with Crippen LogP contribution in [-0.2, 0) is 4.79 Å². The topological polar surface area (TPSA) is 35.5 Å². The molecule has 0 N–H and O–H groups in total. The largest absolute Gasteiger partial charge is 0.493 e. The van der Waals surface area contributed by atoms with Crippen LogP contribution in [-0.4, -0.2) is 19.5 Å². The molecule has 0 radical (unpaired) electrons. The maximum Gasteiger partial charge on any atom is 0.387 e. The molecular formula is C15H18F2O3. The van der Waals surface area contributed by atoms with Crippen LogP contribution in [0.15, 0.2) is 23.8 Å². The van der Waals surface area contributed by atoms with E-state index in [9.17, 15) is 13.6 Å². The van der Waals surface area contributed by atoms with Gasteiger partial charge in [0.1, 0.15) is 0 Å². The Morgan fingerprint density at radius 3 is 2.40 bits per heavy atom. The number of para-hydroxylation sites is 1. The van der Waals surface area contributed by atoms with Gasteiger partial charge in [-0.25, -0.2) is 0 Å². The minimum Gasteiger partial charge on any atom is -0.493 e. The zero-order valence-corrected chi connectivity index (χ0v) is 11.9. The zero-order chi connectivity index (χ0) is 15.3. The Kier molecular flexibility index (Phi) is 5.67. The number of ether oxygens (including phenoxy) is 2. The Morgan fingerprint density at radius 1 is 1.30 bits per heavy atom. The summed E-state index contributed by atoms with van der Waals surface area (Å²) in [5.74, 6) is 0.0130. The highest BCUT2D eigenvalue weighted by Gasteiger charge is 2.16. The molecular weight excluding hydrogens is 266 g/mol. The maximum atomic E-state index is 12.5. The second-order valence-electron chi connectivity index (χ2n) is 4.57. The van der Waals surface area contributed by atoms with Gasteiger partial charge in [0.15, 0.2) is 17.3 Å². The lowest BCUT2D eigenvalue weighted by molar-refractivity contribution is -0.113. The Hall–Kier alpha value is -1.91. The van der Waals surface area contributed by atoms with Gasteiger partial charge in [-0.3, -0.25) is 4.79 Å². The molecule has 0 saturated heterocycles. The molecule has 0 fully saturated rings. The zero-order valence-electron chi connectivity index (χ0n) is 11.9. The Labute approximate surface area is 117 Å². The van der Waals surface area contributed by atoms with Gasteiger partial charge in [0.2, 0.25) is 0 Å². The summed E-state index contributed by atoms with van der Waals surface area (Å²) in [6.45, 7) is 2.21. The molecule has 5 heteroatoms. The molecule has 0 aliphatic rings. The van der Waals surface area contributed by atoms with Crippen LogP contribution in [0, 0.1) is 5.92 Å². The first-order valence-electron chi connectivity index (χ1n) is 6.21. The first-order valence-corrected chi connectivity index (χ1v) is 6.21. The molecule has 1 aromatic carbocycles. The van der Waals surface area contributed by atoms with Crippen LogP contribution in [0.3, 0.4) is 0 Å². The summed E-state index contributed by atoms with van der Waals surface area (Å²) in [5.41, 5.74) is 0.931. The van der Waals surface area contributed by atoms with Crippen molar-refractivity contribution in [3.05, 3.63) is 29.3 Å². The van der Waals surface area contributed by atoms with E-state index in [1.54, 1.807) is 18.2 Å². The van der Waals surface area contributed by atoms with Crippen molar-refractivity contribution in [3.63, 3.8) is 0 Å². The maximum absolute atomic E-state index is 12.5. The smallest absolute Gasteiger partial charge is 0.387 e. The normalized spacial score (nSPS) is 11.9. The quantitative estimate of drug-likeness (QED) is 0.743. The van der Waals surface area contributed by atoms with E-state index in [0.29, 0.717) is 11.1 Å². The summed E-state index contributed by atoms with van der Waals surface area (Å²) in [5, 5.41) is 0. The highest BCUT2D eigenvalue weighted by Crippen LogP contribution is 2.34. The van der Waals surface area contributed by atoms with E-state index in [-0.39, 0.29) is 23.2 Å². The van der Waals surface area contributed by atoms with E-state index in [0.717, 1.165) is 0 Å². The van der Waals surface area contributed by atoms with Crippen LogP contribution >= 0.6 is 0 Å². The summed E-state index contributed by atoms with van der Waals surface area (Å²) in [7, 11) is 1.37. The van der Waals surface area contributed by atoms with E-state index in [1.165, 1.54) is 20.1 Å². The van der Waals surface area contributed by atoms with Crippen LogP contribution in [0.2, 0.25) is 0 Å². The van der Waals surface area contributed by atoms with E-state index in [4.69, 9.17) is 4.74 Å². The molecule has 0 amide bonds. The first-order chi connectivity index (χ1) is 9.36. The predicted molar refractivity (Wildman–Crippen MR) is 73.1 cm³/mol. The number of carbonyl (C=O) groups is 1. The fraction of sp³-hybridized carbons (Fsp3) is 0.400. The molecule has 0 unspecified atom stereocenters. The highest BCUT2D eigenvalue weighted by atomic mass is 19.3. The fourth-order valence-corrected chi connectivity index (χ4v) is 1.86. The summed E-state index contributed by atoms with van der Waals surface area (Å²) in [6.07, 6.45) is 1.56. The lowest BCUT2D eigenvalue weighted by atomic mass is 9.97. The van der Waals surface area contributed by atoms with Gasteiger partial charge in [0.25, 0.3) is 0 Å². The number of alkyl halides is 2. The molecule has 0 spiro atoms. The molecule has 0 aliphatic heterocycles. The minimum absolute atomic E-state index is 0.0156. The minimum atomic E-state index is -2.96. The summed E-state index contributed by atoms with van der Waals surface area (Å²) < 4.78 is 34.5. The standard InChI is InChI=1S/C15H18F2O3/c1-9(2)12(10(3)18)8-11-6-5-7-13(19-4)14(11)20-15(16)17/h5-9,15H,1-4H3/b12-8+. The number of Topliss-reactive ketones (excluding diaryl/α,β-unsaturated/α-hetero) is 1. The van der Waals surface area contributed by atoms with Crippen molar-refractivity contribution in [2.24, 2.45) is 5.92 Å². The lowest BCUT2D eigenvalue weighted by Crippen LogP contribution is -2.07. The SMILES string of the molecule is COc1cccc(/C=C(/C(C)=O)C(C)C)c1OC(F)F. The molecule has 0 atom stereocenters. The Morgan fingerprint density at radius 2 is 1.95 bits per heavy atom. The van der Waals surface area contributed by atoms with Crippen molar-refractivity contribution < 1.29 is 23.0 Å². The van der Waals surface area contributed by atoms with Gasteiger partial charge < -0.3 is 9.47 Å². The molecule has 1 aromatic rings. The lowest BCUT2D eigenvalue weighted by Gasteiger charge is -2.14. The van der Waals surface area contributed by atoms with Gasteiger partial charge in [-0.1, -0.05) is 26.0 Å². The van der Waals surface area contributed by atoms with E-state index >= 15 is 0 Å².